The Balaban J connectivity index is 1.81. The van der Waals surface area contributed by atoms with Gasteiger partial charge in [-0.25, -0.2) is 4.79 Å². The smallest absolute Gasteiger partial charge is 0.329 e. The molecule has 0 atom stereocenters. The predicted octanol–water partition coefficient (Wildman–Crippen LogP) is 2.25. The number of carbonyl (C=O) groups excluding carboxylic acids is 1. The summed E-state index contributed by atoms with van der Waals surface area (Å²) in [6, 6.07) is 5.78. The number of aliphatic carboxylic acids is 1. The molecule has 1 aliphatic rings. The number of amides is 1. The van der Waals surface area contributed by atoms with Crippen molar-refractivity contribution in [3.63, 3.8) is 0 Å². The number of thioether (sulfide) groups is 1. The van der Waals surface area contributed by atoms with Crippen LogP contribution in [0.5, 0.6) is 5.75 Å². The van der Waals surface area contributed by atoms with E-state index in [1.165, 1.54) is 4.90 Å². The molecule has 2 aromatic rings. The SMILES string of the molecule is CN=C1SC(=CC(=O)O)C(=O)N1CCc1c[nH]c2ccc(OC)cc12. The molecule has 1 fully saturated rings. The fourth-order valence-electron chi connectivity index (χ4n) is 2.71. The number of amidine groups is 1. The summed E-state index contributed by atoms with van der Waals surface area (Å²) >= 11 is 1.08. The Morgan fingerprint density at radius 2 is 2.28 bits per heavy atom. The Hall–Kier alpha value is -2.74. The van der Waals surface area contributed by atoms with Crippen LogP contribution in [0.25, 0.3) is 10.9 Å². The highest BCUT2D eigenvalue weighted by atomic mass is 32.2. The molecule has 7 nitrogen and oxygen atoms in total. The molecule has 2 N–H and O–H groups in total. The number of nitrogens with zero attached hydrogens (tertiary/aromatic N) is 2. The van der Waals surface area contributed by atoms with Crippen LogP contribution < -0.4 is 4.74 Å². The number of aromatic amines is 1. The first-order valence-corrected chi connectivity index (χ1v) is 8.40. The van der Waals surface area contributed by atoms with Crippen LogP contribution in [0.1, 0.15) is 5.56 Å². The molecule has 0 bridgehead atoms. The van der Waals surface area contributed by atoms with Gasteiger partial charge in [0.1, 0.15) is 5.75 Å². The molecule has 3 rings (SSSR count). The molecule has 1 saturated heterocycles. The van der Waals surface area contributed by atoms with E-state index in [4.69, 9.17) is 9.84 Å². The van der Waals surface area contributed by atoms with Crippen molar-refractivity contribution in [3.8, 4) is 5.75 Å². The number of carbonyl (C=O) groups is 2. The first-order chi connectivity index (χ1) is 12.0. The standard InChI is InChI=1S/C17H17N3O4S/c1-18-17-20(16(23)14(25-17)8-15(21)22)6-5-10-9-19-13-4-3-11(24-2)7-12(10)13/h3-4,7-9,19H,5-6H2,1-2H3,(H,21,22). The van der Waals surface area contributed by atoms with Crippen molar-refractivity contribution in [1.82, 2.24) is 9.88 Å². The predicted molar refractivity (Wildman–Crippen MR) is 96.9 cm³/mol. The zero-order chi connectivity index (χ0) is 18.0. The van der Waals surface area contributed by atoms with E-state index in [-0.39, 0.29) is 10.8 Å². The lowest BCUT2D eigenvalue weighted by atomic mass is 10.1. The number of aliphatic imine (C=N–C) groups is 1. The maximum absolute atomic E-state index is 12.4. The van der Waals surface area contributed by atoms with Crippen LogP contribution >= 0.6 is 11.8 Å². The number of H-pyrrole nitrogens is 1. The van der Waals surface area contributed by atoms with Crippen molar-refractivity contribution in [2.24, 2.45) is 4.99 Å². The van der Waals surface area contributed by atoms with E-state index in [9.17, 15) is 9.59 Å². The topological polar surface area (TPSA) is 95.0 Å². The summed E-state index contributed by atoms with van der Waals surface area (Å²) < 4.78 is 5.26. The van der Waals surface area contributed by atoms with Gasteiger partial charge < -0.3 is 14.8 Å². The van der Waals surface area contributed by atoms with Crippen LogP contribution in [-0.4, -0.2) is 52.7 Å². The van der Waals surface area contributed by atoms with Gasteiger partial charge in [-0.05, 0) is 41.9 Å². The van der Waals surface area contributed by atoms with Crippen LogP contribution in [0, 0.1) is 0 Å². The molecule has 2 heterocycles. The molecule has 0 unspecified atom stereocenters. The number of carboxylic acid groups (broad SMARTS) is 1. The molecular formula is C17H17N3O4S. The van der Waals surface area contributed by atoms with Crippen molar-refractivity contribution in [2.75, 3.05) is 20.7 Å². The Morgan fingerprint density at radius 3 is 2.96 bits per heavy atom. The first kappa shape index (κ1) is 17.1. The van der Waals surface area contributed by atoms with Crippen molar-refractivity contribution < 1.29 is 19.4 Å². The third-order valence-corrected chi connectivity index (χ3v) is 5.01. The molecule has 8 heteroatoms. The van der Waals surface area contributed by atoms with Gasteiger partial charge in [-0.3, -0.25) is 14.7 Å². The largest absolute Gasteiger partial charge is 0.497 e. The Labute approximate surface area is 148 Å². The third-order valence-electron chi connectivity index (χ3n) is 3.91. The van der Waals surface area contributed by atoms with Gasteiger partial charge in [0, 0.05) is 36.8 Å². The first-order valence-electron chi connectivity index (χ1n) is 7.58. The molecular weight excluding hydrogens is 342 g/mol. The summed E-state index contributed by atoms with van der Waals surface area (Å²) in [6.45, 7) is 0.416. The monoisotopic (exact) mass is 359 g/mol. The van der Waals surface area contributed by atoms with Crippen LogP contribution in [0.15, 0.2) is 40.4 Å². The van der Waals surface area contributed by atoms with Crippen LogP contribution in [0.3, 0.4) is 0 Å². The number of carboxylic acids is 1. The lowest BCUT2D eigenvalue weighted by Gasteiger charge is -2.14. The molecule has 0 saturated carbocycles. The lowest BCUT2D eigenvalue weighted by Crippen LogP contribution is -2.31. The number of benzene rings is 1. The summed E-state index contributed by atoms with van der Waals surface area (Å²) in [4.78, 5) is 32.2. The van der Waals surface area contributed by atoms with E-state index in [1.54, 1.807) is 14.2 Å². The van der Waals surface area contributed by atoms with Crippen molar-refractivity contribution in [3.05, 3.63) is 40.9 Å². The quantitative estimate of drug-likeness (QED) is 0.799. The number of methoxy groups -OCH3 is 1. The van der Waals surface area contributed by atoms with Crippen LogP contribution in [0.4, 0.5) is 0 Å². The Kier molecular flexibility index (Phi) is 4.80. The minimum Gasteiger partial charge on any atom is -0.497 e. The van der Waals surface area contributed by atoms with Crippen molar-refractivity contribution in [2.45, 2.75) is 6.42 Å². The number of nitrogens with one attached hydrogen (secondary N) is 1. The summed E-state index contributed by atoms with van der Waals surface area (Å²) in [5.74, 6) is -0.703. The van der Waals surface area contributed by atoms with Gasteiger partial charge >= 0.3 is 5.97 Å². The van der Waals surface area contributed by atoms with Gasteiger partial charge in [0.2, 0.25) is 0 Å². The van der Waals surface area contributed by atoms with Crippen LogP contribution in [-0.2, 0) is 16.0 Å². The third kappa shape index (κ3) is 3.39. The molecule has 25 heavy (non-hydrogen) atoms. The second-order valence-electron chi connectivity index (χ2n) is 5.39. The van der Waals surface area contributed by atoms with Gasteiger partial charge in [-0.15, -0.1) is 0 Å². The molecule has 0 radical (unpaired) electrons. The second-order valence-corrected chi connectivity index (χ2v) is 6.40. The van der Waals surface area contributed by atoms with Gasteiger partial charge in [-0.1, -0.05) is 0 Å². The summed E-state index contributed by atoms with van der Waals surface area (Å²) in [5, 5.41) is 10.4. The second kappa shape index (κ2) is 7.02. The minimum absolute atomic E-state index is 0.175. The van der Waals surface area contributed by atoms with Crippen LogP contribution in [0.2, 0.25) is 0 Å². The molecule has 1 aromatic heterocycles. The summed E-state index contributed by atoms with van der Waals surface area (Å²) in [6.07, 6.45) is 3.45. The number of hydrogen-bond acceptors (Lipinski definition) is 5. The number of ether oxygens (including phenoxy) is 1. The normalized spacial score (nSPS) is 17.8. The Bertz CT molecular complexity index is 900. The molecule has 1 aromatic carbocycles. The van der Waals surface area contributed by atoms with Gasteiger partial charge in [0.15, 0.2) is 5.17 Å². The summed E-state index contributed by atoms with van der Waals surface area (Å²) in [5.41, 5.74) is 2.05. The number of aromatic nitrogens is 1. The number of hydrogen-bond donors (Lipinski definition) is 2. The molecule has 0 spiro atoms. The fraction of sp³-hybridized carbons (Fsp3) is 0.235. The highest BCUT2D eigenvalue weighted by molar-refractivity contribution is 8.18. The molecule has 130 valence electrons. The van der Waals surface area contributed by atoms with Gasteiger partial charge in [-0.2, -0.15) is 0 Å². The molecule has 1 aliphatic heterocycles. The van der Waals surface area contributed by atoms with E-state index >= 15 is 0 Å². The zero-order valence-corrected chi connectivity index (χ0v) is 14.6. The summed E-state index contributed by atoms with van der Waals surface area (Å²) in [7, 11) is 3.21. The molecule has 1 amide bonds. The van der Waals surface area contributed by atoms with Crippen molar-refractivity contribution >= 4 is 39.7 Å². The zero-order valence-electron chi connectivity index (χ0n) is 13.8. The Morgan fingerprint density at radius 1 is 1.48 bits per heavy atom. The van der Waals surface area contributed by atoms with E-state index in [2.05, 4.69) is 9.98 Å². The maximum atomic E-state index is 12.4. The molecule has 0 aliphatic carbocycles. The number of fused-ring (bicyclic) bond motifs is 1. The van der Waals surface area contributed by atoms with Gasteiger partial charge in [0.25, 0.3) is 5.91 Å². The highest BCUT2D eigenvalue weighted by Gasteiger charge is 2.33. The van der Waals surface area contributed by atoms with E-state index in [0.29, 0.717) is 18.1 Å². The van der Waals surface area contributed by atoms with Gasteiger partial charge in [0.05, 0.1) is 12.0 Å². The average Bonchev–Trinajstić information content (AvgIpc) is 3.13. The average molecular weight is 359 g/mol. The van der Waals surface area contributed by atoms with E-state index in [0.717, 1.165) is 40.1 Å². The van der Waals surface area contributed by atoms with E-state index in [1.807, 2.05) is 24.4 Å². The highest BCUT2D eigenvalue weighted by Crippen LogP contribution is 2.31. The maximum Gasteiger partial charge on any atom is 0.329 e. The fourth-order valence-corrected chi connectivity index (χ4v) is 3.64. The lowest BCUT2D eigenvalue weighted by molar-refractivity contribution is -0.132. The van der Waals surface area contributed by atoms with E-state index < -0.39 is 5.97 Å². The minimum atomic E-state index is -1.14. The van der Waals surface area contributed by atoms with Crippen molar-refractivity contribution in [1.29, 1.82) is 0 Å². The number of rotatable bonds is 5.